The highest BCUT2D eigenvalue weighted by Crippen LogP contribution is 2.35. The predicted octanol–water partition coefficient (Wildman–Crippen LogP) is 3.88. The second-order valence-corrected chi connectivity index (χ2v) is 7.80. The number of carbonyl (C=O) groups excluding carboxylic acids is 2. The van der Waals surface area contributed by atoms with Crippen LogP contribution in [0.5, 0.6) is 0 Å². The summed E-state index contributed by atoms with van der Waals surface area (Å²) in [6.07, 6.45) is 8.06. The summed E-state index contributed by atoms with van der Waals surface area (Å²) >= 11 is 0. The van der Waals surface area contributed by atoms with Crippen molar-refractivity contribution >= 4 is 19.8 Å². The molecule has 0 fully saturated rings. The van der Waals surface area contributed by atoms with Gasteiger partial charge in [-0.25, -0.2) is 4.57 Å². The van der Waals surface area contributed by atoms with Gasteiger partial charge in [-0.2, -0.15) is 0 Å². The molecule has 0 rings (SSSR count). The fourth-order valence-electron chi connectivity index (χ4n) is 2.37. The second kappa shape index (κ2) is 16.0. The number of phosphoric acid groups is 1. The number of rotatable bonds is 17. The zero-order valence-electron chi connectivity index (χ0n) is 16.6. The molecule has 0 aliphatic rings. The molecule has 0 aliphatic heterocycles. The monoisotopic (exact) mass is 410 g/mol. The van der Waals surface area contributed by atoms with Crippen LogP contribution in [0.15, 0.2) is 0 Å². The van der Waals surface area contributed by atoms with Gasteiger partial charge in [-0.1, -0.05) is 58.8 Å². The Kier molecular flexibility index (Phi) is 15.5. The average molecular weight is 410 g/mol. The molecule has 0 aliphatic carbocycles. The number of hydrogen-bond acceptors (Lipinski definition) is 6. The van der Waals surface area contributed by atoms with E-state index in [1.54, 1.807) is 0 Å². The van der Waals surface area contributed by atoms with Crippen LogP contribution in [0, 0.1) is 0 Å². The van der Waals surface area contributed by atoms with Crippen LogP contribution in [-0.4, -0.2) is 41.0 Å². The maximum Gasteiger partial charge on any atom is 0.469 e. The lowest BCUT2D eigenvalue weighted by molar-refractivity contribution is -0.161. The molecule has 0 radical (unpaired) electrons. The van der Waals surface area contributed by atoms with Crippen molar-refractivity contribution in [2.45, 2.75) is 90.6 Å². The molecule has 0 amide bonds. The molecule has 160 valence electrons. The molecule has 0 aromatic heterocycles. The summed E-state index contributed by atoms with van der Waals surface area (Å²) in [5.41, 5.74) is 0. The summed E-state index contributed by atoms with van der Waals surface area (Å²) in [6, 6.07) is 0. The van der Waals surface area contributed by atoms with Crippen molar-refractivity contribution in [3.05, 3.63) is 0 Å². The van der Waals surface area contributed by atoms with Crippen molar-refractivity contribution in [2.24, 2.45) is 0 Å². The van der Waals surface area contributed by atoms with E-state index in [1.165, 1.54) is 0 Å². The van der Waals surface area contributed by atoms with Gasteiger partial charge in [0.1, 0.15) is 6.61 Å². The van der Waals surface area contributed by atoms with Crippen molar-refractivity contribution in [1.82, 2.24) is 0 Å². The van der Waals surface area contributed by atoms with Crippen LogP contribution in [0.3, 0.4) is 0 Å². The first kappa shape index (κ1) is 26.1. The zero-order chi connectivity index (χ0) is 20.5. The van der Waals surface area contributed by atoms with Gasteiger partial charge in [0.2, 0.25) is 0 Å². The molecule has 1 atom stereocenters. The van der Waals surface area contributed by atoms with Crippen LogP contribution in [0.4, 0.5) is 0 Å². The van der Waals surface area contributed by atoms with Gasteiger partial charge >= 0.3 is 19.8 Å². The summed E-state index contributed by atoms with van der Waals surface area (Å²) < 4.78 is 25.5. The minimum atomic E-state index is -4.70. The Bertz CT molecular complexity index is 449. The van der Waals surface area contributed by atoms with E-state index in [4.69, 9.17) is 19.3 Å². The lowest BCUT2D eigenvalue weighted by atomic mass is 10.1. The molecule has 0 heterocycles. The Balaban J connectivity index is 4.27. The zero-order valence-corrected chi connectivity index (χ0v) is 17.5. The van der Waals surface area contributed by atoms with E-state index >= 15 is 0 Å². The fourth-order valence-corrected chi connectivity index (χ4v) is 2.73. The van der Waals surface area contributed by atoms with E-state index in [-0.39, 0.29) is 19.4 Å². The topological polar surface area (TPSA) is 119 Å². The van der Waals surface area contributed by atoms with Crippen LogP contribution in [0.1, 0.15) is 84.5 Å². The van der Waals surface area contributed by atoms with Crippen LogP contribution in [0.2, 0.25) is 0 Å². The first-order valence-corrected chi connectivity index (χ1v) is 11.4. The molecular weight excluding hydrogens is 375 g/mol. The van der Waals surface area contributed by atoms with Crippen LogP contribution >= 0.6 is 7.82 Å². The van der Waals surface area contributed by atoms with E-state index in [0.29, 0.717) is 6.42 Å². The molecule has 8 nitrogen and oxygen atoms in total. The maximum absolute atomic E-state index is 11.8. The Morgan fingerprint density at radius 2 is 1.33 bits per heavy atom. The molecule has 0 aromatic carbocycles. The SMILES string of the molecule is CCCCCCCC(=O)OC[C@H](COP(=O)(O)O)OC(=O)CCCCCC. The van der Waals surface area contributed by atoms with Gasteiger partial charge in [0.05, 0.1) is 6.61 Å². The molecular formula is C18H35O8P. The van der Waals surface area contributed by atoms with Gasteiger partial charge in [-0.3, -0.25) is 14.1 Å². The number of carbonyl (C=O) groups is 2. The molecule has 27 heavy (non-hydrogen) atoms. The molecule has 0 spiro atoms. The van der Waals surface area contributed by atoms with Gasteiger partial charge in [0, 0.05) is 12.8 Å². The van der Waals surface area contributed by atoms with E-state index in [9.17, 15) is 14.2 Å². The number of hydrogen-bond donors (Lipinski definition) is 2. The van der Waals surface area contributed by atoms with Crippen LogP contribution < -0.4 is 0 Å². The number of phosphoric ester groups is 1. The van der Waals surface area contributed by atoms with Gasteiger partial charge in [0.15, 0.2) is 6.10 Å². The quantitative estimate of drug-likeness (QED) is 0.211. The highest BCUT2D eigenvalue weighted by molar-refractivity contribution is 7.46. The van der Waals surface area contributed by atoms with Gasteiger partial charge < -0.3 is 19.3 Å². The second-order valence-electron chi connectivity index (χ2n) is 6.56. The van der Waals surface area contributed by atoms with Gasteiger partial charge in [-0.05, 0) is 12.8 Å². The van der Waals surface area contributed by atoms with Crippen molar-refractivity contribution in [3.63, 3.8) is 0 Å². The van der Waals surface area contributed by atoms with Gasteiger partial charge in [-0.15, -0.1) is 0 Å². The molecule has 0 unspecified atom stereocenters. The maximum atomic E-state index is 11.8. The van der Waals surface area contributed by atoms with Crippen LogP contribution in [-0.2, 0) is 28.2 Å². The van der Waals surface area contributed by atoms with Crippen molar-refractivity contribution in [2.75, 3.05) is 13.2 Å². The summed E-state index contributed by atoms with van der Waals surface area (Å²) in [5, 5.41) is 0. The molecule has 0 bridgehead atoms. The van der Waals surface area contributed by atoms with E-state index in [0.717, 1.165) is 51.4 Å². The lowest BCUT2D eigenvalue weighted by Gasteiger charge is -2.18. The number of esters is 2. The Morgan fingerprint density at radius 1 is 0.815 bits per heavy atom. The molecule has 0 saturated carbocycles. The van der Waals surface area contributed by atoms with Crippen LogP contribution in [0.25, 0.3) is 0 Å². The number of ether oxygens (including phenoxy) is 2. The number of unbranched alkanes of at least 4 members (excludes halogenated alkanes) is 7. The average Bonchev–Trinajstić information content (AvgIpc) is 2.60. The molecule has 9 heteroatoms. The fraction of sp³-hybridized carbons (Fsp3) is 0.889. The van der Waals surface area contributed by atoms with Gasteiger partial charge in [0.25, 0.3) is 0 Å². The minimum absolute atomic E-state index is 0.206. The third-order valence-corrected chi connectivity index (χ3v) is 4.36. The third kappa shape index (κ3) is 18.2. The molecule has 0 aromatic rings. The lowest BCUT2D eigenvalue weighted by Crippen LogP contribution is -2.29. The Morgan fingerprint density at radius 3 is 1.89 bits per heavy atom. The highest BCUT2D eigenvalue weighted by Gasteiger charge is 2.22. The molecule has 2 N–H and O–H groups in total. The normalized spacial score (nSPS) is 12.6. The van der Waals surface area contributed by atoms with E-state index in [1.807, 2.05) is 0 Å². The minimum Gasteiger partial charge on any atom is -0.462 e. The first-order chi connectivity index (χ1) is 12.8. The first-order valence-electron chi connectivity index (χ1n) is 9.83. The molecule has 0 saturated heterocycles. The predicted molar refractivity (Wildman–Crippen MR) is 101 cm³/mol. The Labute approximate surface area is 162 Å². The van der Waals surface area contributed by atoms with E-state index < -0.39 is 32.5 Å². The van der Waals surface area contributed by atoms with Crippen molar-refractivity contribution in [3.8, 4) is 0 Å². The summed E-state index contributed by atoms with van der Waals surface area (Å²) in [4.78, 5) is 41.2. The Hall–Kier alpha value is -0.950. The van der Waals surface area contributed by atoms with E-state index in [2.05, 4.69) is 18.4 Å². The highest BCUT2D eigenvalue weighted by atomic mass is 31.2. The summed E-state index contributed by atoms with van der Waals surface area (Å²) in [5.74, 6) is -0.923. The summed E-state index contributed by atoms with van der Waals surface area (Å²) in [7, 11) is -4.70. The summed E-state index contributed by atoms with van der Waals surface area (Å²) in [6.45, 7) is 3.36. The third-order valence-electron chi connectivity index (χ3n) is 3.88. The largest absolute Gasteiger partial charge is 0.469 e. The smallest absolute Gasteiger partial charge is 0.462 e. The van der Waals surface area contributed by atoms with Crippen molar-refractivity contribution in [1.29, 1.82) is 0 Å². The standard InChI is InChI=1S/C18H35O8P/c1-3-5-7-9-11-12-17(19)24-14-16(15-25-27(21,22)23)26-18(20)13-10-8-6-4-2/h16H,3-15H2,1-2H3,(H2,21,22,23)/t16-/m1/s1. The van der Waals surface area contributed by atoms with Crippen molar-refractivity contribution < 1.29 is 37.9 Å².